The van der Waals surface area contributed by atoms with E-state index >= 15 is 0 Å². The average Bonchev–Trinajstić information content (AvgIpc) is 2.97. The second-order valence-corrected chi connectivity index (χ2v) is 5.62. The number of rotatable bonds is 3. The van der Waals surface area contributed by atoms with Crippen LogP contribution in [0.2, 0.25) is 0 Å². The highest BCUT2D eigenvalue weighted by molar-refractivity contribution is 6.19. The van der Waals surface area contributed by atoms with Gasteiger partial charge in [-0.1, -0.05) is 18.9 Å². The van der Waals surface area contributed by atoms with Crippen LogP contribution in [0.15, 0.2) is 24.5 Å². The molecule has 110 valence electrons. The van der Waals surface area contributed by atoms with Gasteiger partial charge in [0.05, 0.1) is 0 Å². The van der Waals surface area contributed by atoms with Crippen LogP contribution >= 0.6 is 0 Å². The van der Waals surface area contributed by atoms with Gasteiger partial charge in [-0.25, -0.2) is 4.79 Å². The predicted molar refractivity (Wildman–Crippen MR) is 74.1 cm³/mol. The van der Waals surface area contributed by atoms with Crippen LogP contribution in [0, 0.1) is 5.41 Å². The number of barbiturate groups is 1. The van der Waals surface area contributed by atoms with Gasteiger partial charge in [-0.3, -0.25) is 24.8 Å². The first-order chi connectivity index (χ1) is 10.1. The largest absolute Gasteiger partial charge is 0.330 e. The summed E-state index contributed by atoms with van der Waals surface area (Å²) in [5, 5.41) is 2.34. The molecule has 1 saturated carbocycles. The molecule has 0 unspecified atom stereocenters. The Labute approximate surface area is 122 Å². The topological polar surface area (TPSA) is 79.4 Å². The first-order valence-electron chi connectivity index (χ1n) is 7.20. The molecular weight excluding hydrogens is 270 g/mol. The van der Waals surface area contributed by atoms with Crippen LogP contribution < -0.4 is 5.32 Å². The third-order valence-electron chi connectivity index (χ3n) is 4.36. The van der Waals surface area contributed by atoms with Crippen molar-refractivity contribution in [1.82, 2.24) is 15.2 Å². The fourth-order valence-electron chi connectivity index (χ4n) is 3.14. The van der Waals surface area contributed by atoms with Crippen LogP contribution in [0.4, 0.5) is 4.79 Å². The second kappa shape index (κ2) is 5.27. The molecule has 0 radical (unpaired) electrons. The summed E-state index contributed by atoms with van der Waals surface area (Å²) in [5.41, 5.74) is -0.0569. The molecule has 0 aromatic carbocycles. The number of carbonyl (C=O) groups is 3. The zero-order valence-electron chi connectivity index (χ0n) is 11.7. The molecule has 6 nitrogen and oxygen atoms in total. The maximum Gasteiger partial charge on any atom is 0.330 e. The molecule has 1 aromatic heterocycles. The molecular formula is C15H17N3O3. The number of pyridine rings is 1. The number of amides is 4. The Morgan fingerprint density at radius 3 is 2.67 bits per heavy atom. The minimum atomic E-state index is -1.01. The van der Waals surface area contributed by atoms with Crippen LogP contribution in [0.3, 0.4) is 0 Å². The fourth-order valence-corrected chi connectivity index (χ4v) is 3.14. The third-order valence-corrected chi connectivity index (χ3v) is 4.36. The number of hydrogen-bond acceptors (Lipinski definition) is 4. The summed E-state index contributed by atoms with van der Waals surface area (Å²) in [6, 6.07) is 3.11. The number of hydrogen-bond donors (Lipinski definition) is 1. The zero-order valence-corrected chi connectivity index (χ0v) is 11.7. The molecule has 2 fully saturated rings. The van der Waals surface area contributed by atoms with E-state index in [9.17, 15) is 14.4 Å². The van der Waals surface area contributed by atoms with Gasteiger partial charge in [0.15, 0.2) is 0 Å². The smallest absolute Gasteiger partial charge is 0.277 e. The summed E-state index contributed by atoms with van der Waals surface area (Å²) < 4.78 is 0. The van der Waals surface area contributed by atoms with Crippen molar-refractivity contribution in [1.29, 1.82) is 0 Å². The van der Waals surface area contributed by atoms with Crippen LogP contribution in [0.5, 0.6) is 0 Å². The molecule has 0 atom stereocenters. The zero-order chi connectivity index (χ0) is 14.9. The van der Waals surface area contributed by atoms with E-state index in [0.717, 1.165) is 18.4 Å². The molecule has 1 spiro atoms. The van der Waals surface area contributed by atoms with Crippen molar-refractivity contribution in [2.45, 2.75) is 32.1 Å². The second-order valence-electron chi connectivity index (χ2n) is 5.62. The molecule has 21 heavy (non-hydrogen) atoms. The van der Waals surface area contributed by atoms with Crippen molar-refractivity contribution >= 4 is 17.8 Å². The number of carbonyl (C=O) groups excluding carboxylic acids is 3. The van der Waals surface area contributed by atoms with E-state index in [1.54, 1.807) is 12.4 Å². The number of urea groups is 1. The minimum Gasteiger partial charge on any atom is -0.277 e. The van der Waals surface area contributed by atoms with Crippen molar-refractivity contribution in [2.75, 3.05) is 6.54 Å². The van der Waals surface area contributed by atoms with Crippen molar-refractivity contribution in [3.8, 4) is 0 Å². The first-order valence-corrected chi connectivity index (χ1v) is 7.20. The maximum absolute atomic E-state index is 12.6. The SMILES string of the molecule is O=C1NC(=O)C2(CCCC2)C(=O)N1CCc1cccnc1. The summed E-state index contributed by atoms with van der Waals surface area (Å²) in [4.78, 5) is 41.8. The van der Waals surface area contributed by atoms with E-state index in [1.165, 1.54) is 4.90 Å². The molecule has 1 aliphatic carbocycles. The molecule has 6 heteroatoms. The monoisotopic (exact) mass is 287 g/mol. The maximum atomic E-state index is 12.6. The molecule has 1 aliphatic heterocycles. The standard InChI is InChI=1S/C15H17N3O3/c19-12-15(6-1-2-7-15)13(20)18(14(21)17-12)9-5-11-4-3-8-16-10-11/h3-4,8,10H,1-2,5-7,9H2,(H,17,19,21). The van der Waals surface area contributed by atoms with Crippen molar-refractivity contribution in [3.63, 3.8) is 0 Å². The van der Waals surface area contributed by atoms with E-state index in [0.29, 0.717) is 19.3 Å². The third kappa shape index (κ3) is 2.30. The van der Waals surface area contributed by atoms with Crippen LogP contribution in [0.1, 0.15) is 31.2 Å². The van der Waals surface area contributed by atoms with Gasteiger partial charge >= 0.3 is 6.03 Å². The Morgan fingerprint density at radius 1 is 1.24 bits per heavy atom. The molecule has 1 N–H and O–H groups in total. The first kappa shape index (κ1) is 13.7. The lowest BCUT2D eigenvalue weighted by molar-refractivity contribution is -0.151. The van der Waals surface area contributed by atoms with Gasteiger partial charge in [-0.05, 0) is 30.9 Å². The molecule has 1 saturated heterocycles. The Balaban J connectivity index is 1.76. The van der Waals surface area contributed by atoms with Gasteiger partial charge in [-0.2, -0.15) is 0 Å². The highest BCUT2D eigenvalue weighted by Gasteiger charge is 2.54. The van der Waals surface area contributed by atoms with Gasteiger partial charge < -0.3 is 0 Å². The van der Waals surface area contributed by atoms with Gasteiger partial charge in [0.25, 0.3) is 0 Å². The average molecular weight is 287 g/mol. The van der Waals surface area contributed by atoms with Crippen LogP contribution in [-0.2, 0) is 16.0 Å². The number of nitrogens with one attached hydrogen (secondary N) is 1. The lowest BCUT2D eigenvalue weighted by Gasteiger charge is -2.36. The number of nitrogens with zero attached hydrogens (tertiary/aromatic N) is 2. The fraction of sp³-hybridized carbons (Fsp3) is 0.467. The van der Waals surface area contributed by atoms with Crippen molar-refractivity contribution in [3.05, 3.63) is 30.1 Å². The lowest BCUT2D eigenvalue weighted by Crippen LogP contribution is -2.63. The van der Waals surface area contributed by atoms with Crippen molar-refractivity contribution in [2.24, 2.45) is 5.41 Å². The Kier molecular flexibility index (Phi) is 3.45. The van der Waals surface area contributed by atoms with Crippen LogP contribution in [-0.4, -0.2) is 34.3 Å². The van der Waals surface area contributed by atoms with E-state index in [4.69, 9.17) is 0 Å². The normalized spacial score (nSPS) is 21.0. The van der Waals surface area contributed by atoms with Gasteiger partial charge in [-0.15, -0.1) is 0 Å². The summed E-state index contributed by atoms with van der Waals surface area (Å²) in [6.07, 6.45) is 6.70. The van der Waals surface area contributed by atoms with Crippen LogP contribution in [0.25, 0.3) is 0 Å². The molecule has 1 aromatic rings. The highest BCUT2D eigenvalue weighted by Crippen LogP contribution is 2.41. The summed E-state index contributed by atoms with van der Waals surface area (Å²) >= 11 is 0. The molecule has 3 rings (SSSR count). The van der Waals surface area contributed by atoms with E-state index in [2.05, 4.69) is 10.3 Å². The Bertz CT molecular complexity index is 579. The summed E-state index contributed by atoms with van der Waals surface area (Å²) in [6.45, 7) is 0.269. The molecule has 2 aliphatic rings. The minimum absolute atomic E-state index is 0.269. The summed E-state index contributed by atoms with van der Waals surface area (Å²) in [5.74, 6) is -0.759. The quantitative estimate of drug-likeness (QED) is 0.849. The molecule has 0 bridgehead atoms. The van der Waals surface area contributed by atoms with E-state index in [-0.39, 0.29) is 12.5 Å². The lowest BCUT2D eigenvalue weighted by atomic mass is 9.82. The Hall–Kier alpha value is -2.24. The Morgan fingerprint density at radius 2 is 2.00 bits per heavy atom. The predicted octanol–water partition coefficient (Wildman–Crippen LogP) is 1.26. The van der Waals surface area contributed by atoms with Gasteiger partial charge in [0, 0.05) is 18.9 Å². The number of imide groups is 2. The van der Waals surface area contributed by atoms with Crippen molar-refractivity contribution < 1.29 is 14.4 Å². The van der Waals surface area contributed by atoms with Gasteiger partial charge in [0.1, 0.15) is 5.41 Å². The molecule has 2 heterocycles. The number of aromatic nitrogens is 1. The summed E-state index contributed by atoms with van der Waals surface area (Å²) in [7, 11) is 0. The highest BCUT2D eigenvalue weighted by atomic mass is 16.2. The van der Waals surface area contributed by atoms with E-state index < -0.39 is 17.4 Å². The van der Waals surface area contributed by atoms with Gasteiger partial charge in [0.2, 0.25) is 11.8 Å². The van der Waals surface area contributed by atoms with E-state index in [1.807, 2.05) is 12.1 Å². The molecule has 4 amide bonds.